The van der Waals surface area contributed by atoms with Gasteiger partial charge in [0.05, 0.1) is 17.6 Å². The molecule has 2 N–H and O–H groups in total. The third-order valence-corrected chi connectivity index (χ3v) is 4.32. The highest BCUT2D eigenvalue weighted by atomic mass is 16.5. The molecule has 2 aromatic carbocycles. The number of aromatic nitrogens is 2. The fourth-order valence-electron chi connectivity index (χ4n) is 2.80. The second kappa shape index (κ2) is 9.34. The van der Waals surface area contributed by atoms with Gasteiger partial charge in [0.15, 0.2) is 5.75 Å². The van der Waals surface area contributed by atoms with Gasteiger partial charge in [-0.3, -0.25) is 9.78 Å². The minimum Gasteiger partial charge on any atom is -0.455 e. The zero-order valence-corrected chi connectivity index (χ0v) is 16.2. The maximum Gasteiger partial charge on any atom is 0.274 e. The summed E-state index contributed by atoms with van der Waals surface area (Å²) in [6, 6.07) is 24.1. The largest absolute Gasteiger partial charge is 0.455 e. The first-order chi connectivity index (χ1) is 14.8. The van der Waals surface area contributed by atoms with Crippen molar-refractivity contribution in [3.63, 3.8) is 0 Å². The molecule has 0 atom stereocenters. The van der Waals surface area contributed by atoms with Gasteiger partial charge in [-0.1, -0.05) is 36.4 Å². The Morgan fingerprint density at radius 3 is 2.47 bits per heavy atom. The van der Waals surface area contributed by atoms with Crippen LogP contribution in [0.2, 0.25) is 0 Å². The van der Waals surface area contributed by atoms with E-state index in [1.165, 1.54) is 0 Å². The number of nitrogens with one attached hydrogen (secondary N) is 2. The molecule has 0 saturated carbocycles. The molecule has 4 aromatic rings. The second-order valence-corrected chi connectivity index (χ2v) is 6.51. The van der Waals surface area contributed by atoms with E-state index in [1.54, 1.807) is 30.7 Å². The average molecular weight is 396 g/mol. The molecule has 4 rings (SSSR count). The van der Waals surface area contributed by atoms with Crippen LogP contribution in [0.5, 0.6) is 11.5 Å². The number of benzene rings is 2. The number of amides is 1. The number of para-hydroxylation sites is 3. The number of nitrogens with zero attached hydrogens (tertiary/aromatic N) is 2. The fraction of sp³-hybridized carbons (Fsp3) is 0.0417. The Morgan fingerprint density at radius 2 is 1.70 bits per heavy atom. The molecular formula is C24H20N4O2. The van der Waals surface area contributed by atoms with Gasteiger partial charge in [0, 0.05) is 18.9 Å². The molecule has 1 amide bonds. The lowest BCUT2D eigenvalue weighted by Gasteiger charge is -2.12. The molecule has 0 aliphatic carbocycles. The first-order valence-electron chi connectivity index (χ1n) is 9.50. The van der Waals surface area contributed by atoms with Crippen LogP contribution < -0.4 is 15.4 Å². The quantitative estimate of drug-likeness (QED) is 0.453. The Kier molecular flexibility index (Phi) is 5.96. The average Bonchev–Trinajstić information content (AvgIpc) is 2.81. The SMILES string of the molecule is O=C(Nc1ccccc1Oc1ccccc1)c1ccc(NCc2cccnc2)cn1. The highest BCUT2D eigenvalue weighted by Crippen LogP contribution is 2.29. The summed E-state index contributed by atoms with van der Waals surface area (Å²) in [7, 11) is 0. The van der Waals surface area contributed by atoms with E-state index in [0.29, 0.717) is 29.4 Å². The van der Waals surface area contributed by atoms with Crippen molar-refractivity contribution < 1.29 is 9.53 Å². The van der Waals surface area contributed by atoms with E-state index in [-0.39, 0.29) is 5.91 Å². The van der Waals surface area contributed by atoms with Crippen molar-refractivity contribution in [2.24, 2.45) is 0 Å². The Balaban J connectivity index is 1.40. The highest BCUT2D eigenvalue weighted by Gasteiger charge is 2.11. The van der Waals surface area contributed by atoms with E-state index in [2.05, 4.69) is 20.6 Å². The minimum absolute atomic E-state index is 0.307. The van der Waals surface area contributed by atoms with Gasteiger partial charge in [-0.15, -0.1) is 0 Å². The van der Waals surface area contributed by atoms with Crippen molar-refractivity contribution >= 4 is 17.3 Å². The van der Waals surface area contributed by atoms with E-state index in [4.69, 9.17) is 4.74 Å². The minimum atomic E-state index is -0.307. The number of ether oxygens (including phenoxy) is 1. The Hall–Kier alpha value is -4.19. The third-order valence-electron chi connectivity index (χ3n) is 4.32. The van der Waals surface area contributed by atoms with Crippen molar-refractivity contribution in [1.29, 1.82) is 0 Å². The van der Waals surface area contributed by atoms with Crippen LogP contribution in [0.4, 0.5) is 11.4 Å². The normalized spacial score (nSPS) is 10.3. The fourth-order valence-corrected chi connectivity index (χ4v) is 2.80. The van der Waals surface area contributed by atoms with E-state index in [0.717, 1.165) is 11.3 Å². The molecule has 6 heteroatoms. The number of hydrogen-bond donors (Lipinski definition) is 2. The molecule has 0 spiro atoms. The Morgan fingerprint density at radius 1 is 0.867 bits per heavy atom. The monoisotopic (exact) mass is 396 g/mol. The van der Waals surface area contributed by atoms with Crippen molar-refractivity contribution in [2.45, 2.75) is 6.54 Å². The Labute approximate surface area is 174 Å². The highest BCUT2D eigenvalue weighted by molar-refractivity contribution is 6.03. The summed E-state index contributed by atoms with van der Waals surface area (Å²) in [6.07, 6.45) is 5.18. The summed E-state index contributed by atoms with van der Waals surface area (Å²) in [5.41, 5.74) is 2.78. The van der Waals surface area contributed by atoms with Crippen LogP contribution in [0.15, 0.2) is 97.5 Å². The van der Waals surface area contributed by atoms with E-state index < -0.39 is 0 Å². The molecular weight excluding hydrogens is 376 g/mol. The lowest BCUT2D eigenvalue weighted by Crippen LogP contribution is -2.14. The van der Waals surface area contributed by atoms with Crippen molar-refractivity contribution in [1.82, 2.24) is 9.97 Å². The lowest BCUT2D eigenvalue weighted by atomic mass is 10.2. The predicted octanol–water partition coefficient (Wildman–Crippen LogP) is 5.13. The predicted molar refractivity (Wildman–Crippen MR) is 117 cm³/mol. The summed E-state index contributed by atoms with van der Waals surface area (Å²) < 4.78 is 5.89. The third kappa shape index (κ3) is 4.99. The molecule has 0 unspecified atom stereocenters. The van der Waals surface area contributed by atoms with Crippen LogP contribution in [0.3, 0.4) is 0 Å². The smallest absolute Gasteiger partial charge is 0.274 e. The second-order valence-electron chi connectivity index (χ2n) is 6.51. The number of carbonyl (C=O) groups excluding carboxylic acids is 1. The molecule has 148 valence electrons. The van der Waals surface area contributed by atoms with Crippen molar-refractivity contribution in [3.8, 4) is 11.5 Å². The summed E-state index contributed by atoms with van der Waals surface area (Å²) in [5.74, 6) is 0.950. The van der Waals surface area contributed by atoms with Gasteiger partial charge in [0.25, 0.3) is 5.91 Å². The van der Waals surface area contributed by atoms with E-state index >= 15 is 0 Å². The number of carbonyl (C=O) groups is 1. The first kappa shape index (κ1) is 19.1. The molecule has 0 saturated heterocycles. The molecule has 6 nitrogen and oxygen atoms in total. The summed E-state index contributed by atoms with van der Waals surface area (Å²) >= 11 is 0. The maximum atomic E-state index is 12.7. The van der Waals surface area contributed by atoms with Gasteiger partial charge in [0.2, 0.25) is 0 Å². The van der Waals surface area contributed by atoms with Gasteiger partial charge < -0.3 is 15.4 Å². The van der Waals surface area contributed by atoms with Crippen LogP contribution in [0.1, 0.15) is 16.1 Å². The van der Waals surface area contributed by atoms with Gasteiger partial charge >= 0.3 is 0 Å². The first-order valence-corrected chi connectivity index (χ1v) is 9.50. The summed E-state index contributed by atoms with van der Waals surface area (Å²) in [5, 5.41) is 6.13. The molecule has 2 aromatic heterocycles. The number of anilines is 2. The van der Waals surface area contributed by atoms with Gasteiger partial charge in [-0.2, -0.15) is 0 Å². The maximum absolute atomic E-state index is 12.7. The molecule has 2 heterocycles. The topological polar surface area (TPSA) is 76.1 Å². The lowest BCUT2D eigenvalue weighted by molar-refractivity contribution is 0.102. The standard InChI is InChI=1S/C24H20N4O2/c29-24(22-13-12-19(17-27-22)26-16-18-7-6-14-25-15-18)28-21-10-4-5-11-23(21)30-20-8-2-1-3-9-20/h1-15,17,26H,16H2,(H,28,29). The number of rotatable bonds is 7. The molecule has 30 heavy (non-hydrogen) atoms. The number of pyridine rings is 2. The molecule has 0 bridgehead atoms. The molecule has 0 fully saturated rings. The van der Waals surface area contributed by atoms with Crippen LogP contribution in [-0.4, -0.2) is 15.9 Å². The van der Waals surface area contributed by atoms with Crippen LogP contribution in [0, 0.1) is 0 Å². The summed E-state index contributed by atoms with van der Waals surface area (Å²) in [6.45, 7) is 0.630. The van der Waals surface area contributed by atoms with Crippen LogP contribution in [-0.2, 0) is 6.54 Å². The van der Waals surface area contributed by atoms with Crippen molar-refractivity contribution in [2.75, 3.05) is 10.6 Å². The van der Waals surface area contributed by atoms with Gasteiger partial charge in [-0.05, 0) is 48.0 Å². The summed E-state index contributed by atoms with van der Waals surface area (Å²) in [4.78, 5) is 21.0. The molecule has 0 aliphatic heterocycles. The zero-order valence-electron chi connectivity index (χ0n) is 16.2. The van der Waals surface area contributed by atoms with E-state index in [1.807, 2.05) is 66.7 Å². The number of hydrogen-bond acceptors (Lipinski definition) is 5. The Bertz CT molecular complexity index is 1100. The van der Waals surface area contributed by atoms with Crippen LogP contribution in [0.25, 0.3) is 0 Å². The zero-order chi connectivity index (χ0) is 20.6. The van der Waals surface area contributed by atoms with Gasteiger partial charge in [0.1, 0.15) is 11.4 Å². The molecule has 0 aliphatic rings. The van der Waals surface area contributed by atoms with Crippen LogP contribution >= 0.6 is 0 Å². The van der Waals surface area contributed by atoms with Gasteiger partial charge in [-0.25, -0.2) is 4.98 Å². The van der Waals surface area contributed by atoms with E-state index in [9.17, 15) is 4.79 Å². The molecule has 0 radical (unpaired) electrons. The van der Waals surface area contributed by atoms with Crippen molar-refractivity contribution in [3.05, 3.63) is 109 Å².